The Balaban J connectivity index is 1.52. The number of ether oxygens (including phenoxy) is 2. The van der Waals surface area contributed by atoms with Crippen LogP contribution in [0.3, 0.4) is 0 Å². The number of aromatic nitrogens is 3. The maximum Gasteiger partial charge on any atom is 0.251 e. The third-order valence-corrected chi connectivity index (χ3v) is 6.42. The molecule has 0 radical (unpaired) electrons. The van der Waals surface area contributed by atoms with Crippen LogP contribution >= 0.6 is 11.8 Å². The van der Waals surface area contributed by atoms with E-state index < -0.39 is 5.82 Å². The number of rotatable bonds is 10. The van der Waals surface area contributed by atoms with Crippen LogP contribution in [0, 0.1) is 12.7 Å². The zero-order valence-corrected chi connectivity index (χ0v) is 21.8. The van der Waals surface area contributed by atoms with Crippen LogP contribution in [0.25, 0.3) is 5.69 Å². The number of anilines is 1. The summed E-state index contributed by atoms with van der Waals surface area (Å²) in [5, 5.41) is 14.4. The number of aryl methyl sites for hydroxylation is 1. The first-order valence-corrected chi connectivity index (χ1v) is 12.6. The molecule has 38 heavy (non-hydrogen) atoms. The van der Waals surface area contributed by atoms with Crippen molar-refractivity contribution in [1.82, 2.24) is 20.1 Å². The van der Waals surface area contributed by atoms with Gasteiger partial charge in [-0.3, -0.25) is 14.2 Å². The lowest BCUT2D eigenvalue weighted by atomic mass is 10.2. The van der Waals surface area contributed by atoms with Crippen molar-refractivity contribution >= 4 is 29.3 Å². The maximum absolute atomic E-state index is 13.9. The highest BCUT2D eigenvalue weighted by Gasteiger charge is 2.18. The van der Waals surface area contributed by atoms with E-state index in [1.807, 2.05) is 31.2 Å². The van der Waals surface area contributed by atoms with Gasteiger partial charge in [0.1, 0.15) is 5.82 Å². The van der Waals surface area contributed by atoms with E-state index in [-0.39, 0.29) is 29.8 Å². The fraction of sp³-hybridized carbons (Fsp3) is 0.185. The fourth-order valence-electron chi connectivity index (χ4n) is 3.65. The normalized spacial score (nSPS) is 10.6. The predicted molar refractivity (Wildman–Crippen MR) is 143 cm³/mol. The summed E-state index contributed by atoms with van der Waals surface area (Å²) in [5.41, 5.74) is 2.30. The van der Waals surface area contributed by atoms with Crippen molar-refractivity contribution < 1.29 is 23.5 Å². The van der Waals surface area contributed by atoms with E-state index in [0.29, 0.717) is 28.0 Å². The summed E-state index contributed by atoms with van der Waals surface area (Å²) >= 11 is 1.15. The number of hydrogen-bond acceptors (Lipinski definition) is 7. The summed E-state index contributed by atoms with van der Waals surface area (Å²) in [7, 11) is 3.02. The van der Waals surface area contributed by atoms with E-state index in [2.05, 4.69) is 20.8 Å². The molecule has 0 fully saturated rings. The highest BCUT2D eigenvalue weighted by atomic mass is 32.2. The quantitative estimate of drug-likeness (QED) is 0.290. The first kappa shape index (κ1) is 26.7. The number of carbonyl (C=O) groups is 2. The van der Waals surface area contributed by atoms with E-state index in [0.717, 1.165) is 23.0 Å². The van der Waals surface area contributed by atoms with Crippen LogP contribution in [0.5, 0.6) is 11.5 Å². The molecule has 3 aromatic carbocycles. The first-order chi connectivity index (χ1) is 18.4. The molecule has 0 saturated carbocycles. The number of amides is 2. The molecule has 196 valence electrons. The minimum Gasteiger partial charge on any atom is -0.493 e. The van der Waals surface area contributed by atoms with Gasteiger partial charge >= 0.3 is 0 Å². The van der Waals surface area contributed by atoms with Crippen LogP contribution < -0.4 is 20.1 Å². The Morgan fingerprint density at radius 1 is 0.974 bits per heavy atom. The molecule has 1 aromatic heterocycles. The average Bonchev–Trinajstić information content (AvgIpc) is 3.34. The summed E-state index contributed by atoms with van der Waals surface area (Å²) in [4.78, 5) is 25.3. The molecule has 4 aromatic rings. The zero-order valence-electron chi connectivity index (χ0n) is 21.0. The molecular weight excluding hydrogens is 509 g/mol. The summed E-state index contributed by atoms with van der Waals surface area (Å²) in [5.74, 6) is 0.184. The van der Waals surface area contributed by atoms with Crippen LogP contribution in [-0.4, -0.2) is 46.6 Å². The van der Waals surface area contributed by atoms with Crippen LogP contribution in [0.2, 0.25) is 0 Å². The number of hydrogen-bond donors (Lipinski definition) is 2. The van der Waals surface area contributed by atoms with Gasteiger partial charge in [0, 0.05) is 11.3 Å². The van der Waals surface area contributed by atoms with Crippen LogP contribution in [-0.2, 0) is 11.3 Å². The number of methoxy groups -OCH3 is 2. The minimum absolute atomic E-state index is 0.0176. The van der Waals surface area contributed by atoms with Gasteiger partial charge in [-0.05, 0) is 55.0 Å². The Morgan fingerprint density at radius 2 is 1.76 bits per heavy atom. The number of carbonyl (C=O) groups excluding carboxylic acids is 2. The van der Waals surface area contributed by atoms with Gasteiger partial charge in [-0.2, -0.15) is 0 Å². The van der Waals surface area contributed by atoms with Crippen LogP contribution in [0.1, 0.15) is 21.7 Å². The number of nitrogens with one attached hydrogen (secondary N) is 2. The van der Waals surface area contributed by atoms with E-state index in [1.54, 1.807) is 34.9 Å². The van der Waals surface area contributed by atoms with Gasteiger partial charge in [-0.25, -0.2) is 4.39 Å². The molecule has 0 aliphatic carbocycles. The lowest BCUT2D eigenvalue weighted by molar-refractivity contribution is -0.113. The second-order valence-corrected chi connectivity index (χ2v) is 9.08. The van der Waals surface area contributed by atoms with Crippen molar-refractivity contribution in [2.45, 2.75) is 18.6 Å². The Morgan fingerprint density at radius 3 is 2.50 bits per heavy atom. The molecule has 0 aliphatic rings. The molecule has 2 amide bonds. The van der Waals surface area contributed by atoms with Crippen molar-refractivity contribution in [2.75, 3.05) is 25.3 Å². The molecule has 0 aliphatic heterocycles. The van der Waals surface area contributed by atoms with Crippen molar-refractivity contribution in [1.29, 1.82) is 0 Å². The van der Waals surface area contributed by atoms with Crippen molar-refractivity contribution in [3.63, 3.8) is 0 Å². The summed E-state index contributed by atoms with van der Waals surface area (Å²) in [6, 6.07) is 18.5. The smallest absolute Gasteiger partial charge is 0.251 e. The molecule has 9 nitrogen and oxygen atoms in total. The third kappa shape index (κ3) is 6.30. The van der Waals surface area contributed by atoms with Crippen molar-refractivity contribution in [3.05, 3.63) is 89.5 Å². The lowest BCUT2D eigenvalue weighted by Gasteiger charge is -2.12. The second kappa shape index (κ2) is 12.2. The predicted octanol–water partition coefficient (Wildman–Crippen LogP) is 4.39. The molecule has 0 bridgehead atoms. The standard InChI is InChI=1S/C27H26FN5O4S/c1-17-7-6-8-19(13-17)33-24(15-29-26(35)18-11-12-22(36-2)23(14-18)37-3)31-32-27(33)38-16-25(34)30-21-10-5-4-9-20(21)28/h4-14H,15-16H2,1-3H3,(H,29,35)(H,30,34). The van der Waals surface area contributed by atoms with Gasteiger partial charge in [-0.15, -0.1) is 10.2 Å². The van der Waals surface area contributed by atoms with E-state index in [9.17, 15) is 14.0 Å². The van der Waals surface area contributed by atoms with Crippen LogP contribution in [0.15, 0.2) is 71.9 Å². The van der Waals surface area contributed by atoms with E-state index >= 15 is 0 Å². The van der Waals surface area contributed by atoms with Crippen molar-refractivity contribution in [3.8, 4) is 17.2 Å². The molecule has 11 heteroatoms. The highest BCUT2D eigenvalue weighted by Crippen LogP contribution is 2.28. The van der Waals surface area contributed by atoms with Gasteiger partial charge in [0.05, 0.1) is 32.2 Å². The lowest BCUT2D eigenvalue weighted by Crippen LogP contribution is -2.24. The Hall–Kier alpha value is -4.38. The molecule has 2 N–H and O–H groups in total. The Kier molecular flexibility index (Phi) is 8.59. The van der Waals surface area contributed by atoms with Gasteiger partial charge < -0.3 is 20.1 Å². The molecule has 1 heterocycles. The maximum atomic E-state index is 13.9. The van der Waals surface area contributed by atoms with E-state index in [4.69, 9.17) is 9.47 Å². The zero-order chi connectivity index (χ0) is 27.1. The topological polar surface area (TPSA) is 107 Å². The van der Waals surface area contributed by atoms with Gasteiger partial charge in [0.25, 0.3) is 5.91 Å². The number of para-hydroxylation sites is 1. The number of nitrogens with zero attached hydrogens (tertiary/aromatic N) is 3. The Labute approximate surface area is 223 Å². The van der Waals surface area contributed by atoms with E-state index in [1.165, 1.54) is 26.4 Å². The molecule has 0 saturated heterocycles. The SMILES string of the molecule is COc1ccc(C(=O)NCc2nnc(SCC(=O)Nc3ccccc3F)n2-c2cccc(C)c2)cc1OC. The van der Waals surface area contributed by atoms with Gasteiger partial charge in [0.15, 0.2) is 22.5 Å². The molecule has 4 rings (SSSR count). The number of benzene rings is 3. The summed E-state index contributed by atoms with van der Waals surface area (Å²) < 4.78 is 26.2. The summed E-state index contributed by atoms with van der Waals surface area (Å²) in [6.45, 7) is 2.04. The molecule has 0 spiro atoms. The largest absolute Gasteiger partial charge is 0.493 e. The Bertz CT molecular complexity index is 1460. The summed E-state index contributed by atoms with van der Waals surface area (Å²) in [6.07, 6.45) is 0. The monoisotopic (exact) mass is 535 g/mol. The second-order valence-electron chi connectivity index (χ2n) is 8.14. The number of thioether (sulfide) groups is 1. The molecular formula is C27H26FN5O4S. The minimum atomic E-state index is -0.513. The van der Waals surface area contributed by atoms with Crippen molar-refractivity contribution in [2.24, 2.45) is 0 Å². The van der Waals surface area contributed by atoms with Gasteiger partial charge in [-0.1, -0.05) is 36.0 Å². The average molecular weight is 536 g/mol. The fourth-order valence-corrected chi connectivity index (χ4v) is 4.42. The third-order valence-electron chi connectivity index (χ3n) is 5.49. The number of halogens is 1. The highest BCUT2D eigenvalue weighted by molar-refractivity contribution is 7.99. The van der Waals surface area contributed by atoms with Crippen LogP contribution in [0.4, 0.5) is 10.1 Å². The molecule has 0 unspecified atom stereocenters. The first-order valence-electron chi connectivity index (χ1n) is 11.6. The molecule has 0 atom stereocenters. The van der Waals surface area contributed by atoms with Gasteiger partial charge in [0.2, 0.25) is 5.91 Å².